The highest BCUT2D eigenvalue weighted by molar-refractivity contribution is 9.12. The van der Waals surface area contributed by atoms with Crippen LogP contribution in [0.3, 0.4) is 0 Å². The largest absolute Gasteiger partial charge is 0.294 e. The van der Waals surface area contributed by atoms with Gasteiger partial charge in [0.1, 0.15) is 0 Å². The van der Waals surface area contributed by atoms with Gasteiger partial charge in [-0.1, -0.05) is 24.3 Å². The summed E-state index contributed by atoms with van der Waals surface area (Å²) in [6.45, 7) is 0. The van der Waals surface area contributed by atoms with Crippen LogP contribution in [-0.4, -0.2) is 10.8 Å². The van der Waals surface area contributed by atoms with Crippen LogP contribution in [-0.2, 0) is 6.42 Å². The third kappa shape index (κ3) is 2.85. The molecule has 0 aliphatic rings. The van der Waals surface area contributed by atoms with Crippen molar-refractivity contribution in [2.24, 2.45) is 0 Å². The molecule has 0 spiro atoms. The topological polar surface area (TPSA) is 30.0 Å². The van der Waals surface area contributed by atoms with E-state index in [9.17, 15) is 4.79 Å². The number of carbonyl (C=O) groups excluding carboxylic acids is 1. The van der Waals surface area contributed by atoms with Crippen molar-refractivity contribution >= 4 is 59.9 Å². The average Bonchev–Trinajstić information content (AvgIpc) is 2.78. The number of rotatable bonds is 3. The second-order valence-corrected chi connectivity index (χ2v) is 8.08. The molecule has 3 rings (SSSR count). The maximum Gasteiger partial charge on any atom is 0.170 e. The van der Waals surface area contributed by atoms with Gasteiger partial charge >= 0.3 is 0 Å². The van der Waals surface area contributed by atoms with Crippen molar-refractivity contribution < 1.29 is 4.79 Å². The van der Waals surface area contributed by atoms with Gasteiger partial charge in [-0.05, 0) is 50.1 Å². The number of Topliss-reactive ketones (excluding diaryl/α,β-unsaturated/α-hetero) is 1. The minimum Gasteiger partial charge on any atom is -0.294 e. The van der Waals surface area contributed by atoms with Crippen molar-refractivity contribution in [3.63, 3.8) is 0 Å². The summed E-state index contributed by atoms with van der Waals surface area (Å²) in [4.78, 5) is 16.8. The Morgan fingerprint density at radius 3 is 2.70 bits per heavy atom. The molecule has 1 aromatic carbocycles. The van der Waals surface area contributed by atoms with Crippen molar-refractivity contribution in [1.29, 1.82) is 0 Å². The van der Waals surface area contributed by atoms with Crippen molar-refractivity contribution in [2.45, 2.75) is 6.42 Å². The van der Waals surface area contributed by atoms with E-state index in [1.54, 1.807) is 0 Å². The summed E-state index contributed by atoms with van der Waals surface area (Å²) in [5.41, 5.74) is 2.42. The van der Waals surface area contributed by atoms with Gasteiger partial charge in [-0.2, -0.15) is 0 Å². The van der Waals surface area contributed by atoms with Crippen LogP contribution in [0.15, 0.2) is 50.0 Å². The molecule has 0 saturated carbocycles. The van der Waals surface area contributed by atoms with Crippen molar-refractivity contribution in [3.05, 3.63) is 61.3 Å². The van der Waals surface area contributed by atoms with Crippen LogP contribution in [0.1, 0.15) is 16.1 Å². The van der Waals surface area contributed by atoms with Crippen LogP contribution in [0.4, 0.5) is 0 Å². The first-order valence-corrected chi connectivity index (χ1v) is 8.36. The number of carbonyl (C=O) groups is 1. The van der Waals surface area contributed by atoms with Gasteiger partial charge in [0, 0.05) is 16.6 Å². The number of benzene rings is 1. The standard InChI is InChI=1S/C15H9Br2NOS/c16-14-8-11(15(17)20-14)13(19)7-10-6-5-9-3-1-2-4-12(9)18-10/h1-6,8H,7H2. The number of pyridine rings is 1. The molecule has 2 heterocycles. The minimum atomic E-state index is 0.0709. The van der Waals surface area contributed by atoms with Gasteiger partial charge in [0.15, 0.2) is 5.78 Å². The molecule has 0 aliphatic heterocycles. The first-order valence-electron chi connectivity index (χ1n) is 5.96. The molecule has 0 amide bonds. The number of hydrogen-bond acceptors (Lipinski definition) is 3. The molecule has 2 aromatic heterocycles. The Kier molecular flexibility index (Phi) is 4.01. The molecule has 0 aliphatic carbocycles. The molecule has 0 fully saturated rings. The van der Waals surface area contributed by atoms with E-state index in [2.05, 4.69) is 36.8 Å². The predicted molar refractivity (Wildman–Crippen MR) is 89.5 cm³/mol. The van der Waals surface area contributed by atoms with Crippen LogP contribution in [0.25, 0.3) is 10.9 Å². The number of aromatic nitrogens is 1. The Morgan fingerprint density at radius 2 is 1.95 bits per heavy atom. The number of thiophene rings is 1. The van der Waals surface area contributed by atoms with Crippen LogP contribution >= 0.6 is 43.2 Å². The van der Waals surface area contributed by atoms with Crippen LogP contribution < -0.4 is 0 Å². The van der Waals surface area contributed by atoms with Gasteiger partial charge in [0.2, 0.25) is 0 Å². The molecule has 0 bridgehead atoms. The van der Waals surface area contributed by atoms with Gasteiger partial charge < -0.3 is 0 Å². The zero-order valence-electron chi connectivity index (χ0n) is 10.3. The molecule has 0 unspecified atom stereocenters. The molecule has 2 nitrogen and oxygen atoms in total. The lowest BCUT2D eigenvalue weighted by molar-refractivity contribution is 0.0992. The fourth-order valence-corrected chi connectivity index (χ4v) is 4.85. The van der Waals surface area contributed by atoms with E-state index in [-0.39, 0.29) is 5.78 Å². The second kappa shape index (κ2) is 5.76. The van der Waals surface area contributed by atoms with E-state index in [1.165, 1.54) is 11.3 Å². The SMILES string of the molecule is O=C(Cc1ccc2ccccc2n1)c1cc(Br)sc1Br. The van der Waals surface area contributed by atoms with Crippen molar-refractivity contribution in [3.8, 4) is 0 Å². The van der Waals surface area contributed by atoms with E-state index in [0.717, 1.165) is 24.2 Å². The van der Waals surface area contributed by atoms with E-state index >= 15 is 0 Å². The van der Waals surface area contributed by atoms with E-state index in [0.29, 0.717) is 12.0 Å². The Labute approximate surface area is 137 Å². The zero-order valence-corrected chi connectivity index (χ0v) is 14.3. The Hall–Kier alpha value is -1.04. The summed E-state index contributed by atoms with van der Waals surface area (Å²) in [6, 6.07) is 13.7. The smallest absolute Gasteiger partial charge is 0.170 e. The third-order valence-corrected chi connectivity index (χ3v) is 5.29. The van der Waals surface area contributed by atoms with Gasteiger partial charge in [0.25, 0.3) is 0 Å². The molecule has 0 saturated heterocycles. The number of halogens is 2. The summed E-state index contributed by atoms with van der Waals surface area (Å²) >= 11 is 8.31. The summed E-state index contributed by atoms with van der Waals surface area (Å²) in [5, 5.41) is 1.09. The third-order valence-electron chi connectivity index (χ3n) is 2.95. The Balaban J connectivity index is 1.89. The van der Waals surface area contributed by atoms with Crippen LogP contribution in [0, 0.1) is 0 Å². The molecule has 0 radical (unpaired) electrons. The van der Waals surface area contributed by atoms with Crippen molar-refractivity contribution in [1.82, 2.24) is 4.98 Å². The average molecular weight is 411 g/mol. The molecular weight excluding hydrogens is 402 g/mol. The van der Waals surface area contributed by atoms with Gasteiger partial charge in [-0.25, -0.2) is 0 Å². The van der Waals surface area contributed by atoms with Gasteiger partial charge in [-0.15, -0.1) is 11.3 Å². The van der Waals surface area contributed by atoms with Crippen LogP contribution in [0.2, 0.25) is 0 Å². The Bertz CT molecular complexity index is 797. The summed E-state index contributed by atoms with van der Waals surface area (Å²) in [5.74, 6) is 0.0709. The molecular formula is C15H9Br2NOS. The number of para-hydroxylation sites is 1. The summed E-state index contributed by atoms with van der Waals surface area (Å²) < 4.78 is 1.80. The van der Waals surface area contributed by atoms with E-state index < -0.39 is 0 Å². The molecule has 0 atom stereocenters. The zero-order chi connectivity index (χ0) is 14.1. The lowest BCUT2D eigenvalue weighted by Gasteiger charge is -2.02. The second-order valence-electron chi connectivity index (χ2n) is 4.33. The maximum absolute atomic E-state index is 12.3. The maximum atomic E-state index is 12.3. The van der Waals surface area contributed by atoms with Crippen LogP contribution in [0.5, 0.6) is 0 Å². The molecule has 100 valence electrons. The monoisotopic (exact) mass is 409 g/mol. The fourth-order valence-electron chi connectivity index (χ4n) is 2.00. The molecule has 20 heavy (non-hydrogen) atoms. The number of hydrogen-bond donors (Lipinski definition) is 0. The van der Waals surface area contributed by atoms with Gasteiger partial charge in [-0.3, -0.25) is 9.78 Å². The predicted octanol–water partition coefficient (Wildman–Crippen LogP) is 5.25. The summed E-state index contributed by atoms with van der Waals surface area (Å²) in [7, 11) is 0. The minimum absolute atomic E-state index is 0.0709. The molecule has 5 heteroatoms. The lowest BCUT2D eigenvalue weighted by atomic mass is 10.1. The highest BCUT2D eigenvalue weighted by Gasteiger charge is 2.14. The number of fused-ring (bicyclic) bond motifs is 1. The first-order chi connectivity index (χ1) is 9.63. The van der Waals surface area contributed by atoms with E-state index in [4.69, 9.17) is 0 Å². The highest BCUT2D eigenvalue weighted by atomic mass is 79.9. The molecule has 0 N–H and O–H groups in total. The highest BCUT2D eigenvalue weighted by Crippen LogP contribution is 2.32. The number of ketones is 1. The Morgan fingerprint density at radius 1 is 1.15 bits per heavy atom. The normalized spacial score (nSPS) is 10.9. The fraction of sp³-hybridized carbons (Fsp3) is 0.0667. The first kappa shape index (κ1) is 13.9. The van der Waals surface area contributed by atoms with E-state index in [1.807, 2.05) is 42.5 Å². The quantitative estimate of drug-likeness (QED) is 0.552. The summed E-state index contributed by atoms with van der Waals surface area (Å²) in [6.07, 6.45) is 0.312. The van der Waals surface area contributed by atoms with Gasteiger partial charge in [0.05, 0.1) is 19.5 Å². The number of nitrogens with zero attached hydrogens (tertiary/aromatic N) is 1. The molecule has 3 aromatic rings. The lowest BCUT2D eigenvalue weighted by Crippen LogP contribution is -2.04. The van der Waals surface area contributed by atoms with Crippen molar-refractivity contribution in [2.75, 3.05) is 0 Å².